The Morgan fingerprint density at radius 1 is 1.06 bits per heavy atom. The van der Waals surface area contributed by atoms with Crippen molar-refractivity contribution in [2.24, 2.45) is 5.92 Å². The Bertz CT molecular complexity index is 1030. The molecule has 1 aliphatic heterocycles. The van der Waals surface area contributed by atoms with Crippen LogP contribution in [0.1, 0.15) is 29.9 Å². The van der Waals surface area contributed by atoms with Crippen LogP contribution in [0.3, 0.4) is 0 Å². The monoisotopic (exact) mass is 482 g/mol. The van der Waals surface area contributed by atoms with Crippen molar-refractivity contribution in [2.75, 3.05) is 33.4 Å². The number of hydrogen-bond acceptors (Lipinski definition) is 6. The maximum absolute atomic E-state index is 12.6. The minimum absolute atomic E-state index is 0.0268. The number of carbonyl (C=O) groups excluding carboxylic acids is 2. The van der Waals surface area contributed by atoms with E-state index in [0.717, 1.165) is 22.3 Å². The number of carbonyl (C=O) groups is 3. The van der Waals surface area contributed by atoms with E-state index in [4.69, 9.17) is 19.3 Å². The zero-order valence-corrected chi connectivity index (χ0v) is 19.6. The summed E-state index contributed by atoms with van der Waals surface area (Å²) >= 11 is 0. The molecule has 1 saturated heterocycles. The van der Waals surface area contributed by atoms with Gasteiger partial charge in [-0.15, -0.1) is 0 Å². The van der Waals surface area contributed by atoms with Crippen LogP contribution in [0.4, 0.5) is 4.79 Å². The van der Waals surface area contributed by atoms with E-state index in [-0.39, 0.29) is 43.9 Å². The van der Waals surface area contributed by atoms with Gasteiger partial charge in [0, 0.05) is 38.6 Å². The number of carboxylic acid groups (broad SMARTS) is 1. The highest BCUT2D eigenvalue weighted by molar-refractivity contribution is 5.82. The van der Waals surface area contributed by atoms with Crippen molar-refractivity contribution in [3.63, 3.8) is 0 Å². The quantitative estimate of drug-likeness (QED) is 0.476. The Balaban J connectivity index is 1.26. The number of methoxy groups -OCH3 is 1. The molecule has 35 heavy (non-hydrogen) atoms. The maximum Gasteiger partial charge on any atom is 0.407 e. The summed E-state index contributed by atoms with van der Waals surface area (Å²) in [5.41, 5.74) is 4.60. The van der Waals surface area contributed by atoms with Crippen molar-refractivity contribution in [3.05, 3.63) is 59.7 Å². The second-order valence-corrected chi connectivity index (χ2v) is 8.75. The number of amides is 2. The third-order valence-electron chi connectivity index (χ3n) is 6.56. The first-order valence-corrected chi connectivity index (χ1v) is 11.7. The van der Waals surface area contributed by atoms with Crippen molar-refractivity contribution in [3.8, 4) is 11.1 Å². The van der Waals surface area contributed by atoms with Crippen LogP contribution in [-0.2, 0) is 23.8 Å². The van der Waals surface area contributed by atoms with E-state index in [2.05, 4.69) is 34.9 Å². The lowest BCUT2D eigenvalue weighted by molar-refractivity contribution is -0.140. The van der Waals surface area contributed by atoms with Gasteiger partial charge in [-0.05, 0) is 28.7 Å². The van der Waals surface area contributed by atoms with Gasteiger partial charge < -0.3 is 30.0 Å². The SMILES string of the molecule is COC(CNC(=O)C1OCCC1CNC(=O)OCC1c2ccccc2-c2ccccc21)CC(=O)O. The predicted molar refractivity (Wildman–Crippen MR) is 127 cm³/mol. The zero-order valence-electron chi connectivity index (χ0n) is 19.6. The molecule has 3 unspecified atom stereocenters. The molecule has 3 N–H and O–H groups in total. The van der Waals surface area contributed by atoms with E-state index in [1.807, 2.05) is 24.3 Å². The molecular weight excluding hydrogens is 452 g/mol. The molecule has 0 saturated carbocycles. The summed E-state index contributed by atoms with van der Waals surface area (Å²) in [5, 5.41) is 14.3. The fraction of sp³-hybridized carbons (Fsp3) is 0.423. The number of ether oxygens (including phenoxy) is 3. The highest BCUT2D eigenvalue weighted by atomic mass is 16.5. The molecule has 2 amide bonds. The van der Waals surface area contributed by atoms with Gasteiger partial charge in [-0.1, -0.05) is 48.5 Å². The smallest absolute Gasteiger partial charge is 0.407 e. The third kappa shape index (κ3) is 5.80. The Morgan fingerprint density at radius 2 is 1.71 bits per heavy atom. The minimum Gasteiger partial charge on any atom is -0.481 e. The lowest BCUT2D eigenvalue weighted by atomic mass is 9.98. The molecule has 9 nitrogen and oxygen atoms in total. The Kier molecular flexibility index (Phi) is 7.99. The van der Waals surface area contributed by atoms with Gasteiger partial charge >= 0.3 is 12.1 Å². The Hall–Kier alpha value is -3.43. The van der Waals surface area contributed by atoms with Gasteiger partial charge in [0.2, 0.25) is 5.91 Å². The van der Waals surface area contributed by atoms with Gasteiger partial charge in [-0.2, -0.15) is 0 Å². The number of alkyl carbamates (subject to hydrolysis) is 1. The second kappa shape index (κ2) is 11.3. The van der Waals surface area contributed by atoms with E-state index in [1.165, 1.54) is 7.11 Å². The summed E-state index contributed by atoms with van der Waals surface area (Å²) < 4.78 is 16.2. The molecule has 2 aromatic carbocycles. The van der Waals surface area contributed by atoms with Crippen LogP contribution < -0.4 is 10.6 Å². The predicted octanol–water partition coefficient (Wildman–Crippen LogP) is 2.54. The van der Waals surface area contributed by atoms with Crippen LogP contribution in [-0.4, -0.2) is 68.7 Å². The molecule has 1 heterocycles. The van der Waals surface area contributed by atoms with Crippen molar-refractivity contribution < 1.29 is 33.7 Å². The first-order valence-electron chi connectivity index (χ1n) is 11.7. The first-order chi connectivity index (χ1) is 17.0. The van der Waals surface area contributed by atoms with E-state index in [9.17, 15) is 14.4 Å². The van der Waals surface area contributed by atoms with Crippen molar-refractivity contribution in [2.45, 2.75) is 31.0 Å². The van der Waals surface area contributed by atoms with Crippen LogP contribution in [0.2, 0.25) is 0 Å². The Labute approximate surface area is 203 Å². The average molecular weight is 483 g/mol. The highest BCUT2D eigenvalue weighted by Gasteiger charge is 2.35. The summed E-state index contributed by atoms with van der Waals surface area (Å²) in [7, 11) is 1.40. The van der Waals surface area contributed by atoms with E-state index in [0.29, 0.717) is 13.0 Å². The summed E-state index contributed by atoms with van der Waals surface area (Å²) in [5.74, 6) is -1.60. The van der Waals surface area contributed by atoms with Crippen LogP contribution >= 0.6 is 0 Å². The number of rotatable bonds is 10. The molecule has 186 valence electrons. The standard InChI is InChI=1S/C26H30N2O7/c1-33-17(12-23(29)30)14-27-25(31)24-16(10-11-34-24)13-28-26(32)35-15-22-20-8-4-2-6-18(20)19-7-3-5-9-21(19)22/h2-9,16-17,22,24H,10-15H2,1H3,(H,27,31)(H,28,32)(H,29,30). The van der Waals surface area contributed by atoms with Crippen LogP contribution in [0, 0.1) is 5.92 Å². The van der Waals surface area contributed by atoms with Gasteiger partial charge in [0.15, 0.2) is 0 Å². The number of carboxylic acids is 1. The lowest BCUT2D eigenvalue weighted by Crippen LogP contribution is -2.44. The number of benzene rings is 2. The fourth-order valence-electron chi connectivity index (χ4n) is 4.75. The van der Waals surface area contributed by atoms with Crippen LogP contribution in [0.15, 0.2) is 48.5 Å². The number of fused-ring (bicyclic) bond motifs is 3. The normalized spacial score (nSPS) is 19.5. The Morgan fingerprint density at radius 3 is 2.34 bits per heavy atom. The molecule has 0 bridgehead atoms. The number of hydrogen-bond donors (Lipinski definition) is 3. The molecule has 0 radical (unpaired) electrons. The van der Waals surface area contributed by atoms with Gasteiger partial charge in [-0.3, -0.25) is 9.59 Å². The first kappa shape index (κ1) is 24.7. The van der Waals surface area contributed by atoms with Crippen molar-refractivity contribution in [1.82, 2.24) is 10.6 Å². The molecule has 2 aliphatic rings. The second-order valence-electron chi connectivity index (χ2n) is 8.75. The van der Waals surface area contributed by atoms with E-state index in [1.54, 1.807) is 0 Å². The highest BCUT2D eigenvalue weighted by Crippen LogP contribution is 2.44. The number of nitrogens with one attached hydrogen (secondary N) is 2. The van der Waals surface area contributed by atoms with Gasteiger partial charge in [0.1, 0.15) is 12.7 Å². The third-order valence-corrected chi connectivity index (χ3v) is 6.56. The summed E-state index contributed by atoms with van der Waals surface area (Å²) in [6.45, 7) is 0.913. The van der Waals surface area contributed by atoms with Crippen molar-refractivity contribution in [1.29, 1.82) is 0 Å². The molecule has 9 heteroatoms. The molecule has 1 aliphatic carbocycles. The van der Waals surface area contributed by atoms with Gasteiger partial charge in [-0.25, -0.2) is 4.79 Å². The maximum atomic E-state index is 12.6. The molecule has 0 aromatic heterocycles. The average Bonchev–Trinajstić information content (AvgIpc) is 3.46. The van der Waals surface area contributed by atoms with Crippen molar-refractivity contribution >= 4 is 18.0 Å². The van der Waals surface area contributed by atoms with E-state index >= 15 is 0 Å². The molecule has 3 atom stereocenters. The molecule has 2 aromatic rings. The van der Waals surface area contributed by atoms with Crippen LogP contribution in [0.25, 0.3) is 11.1 Å². The minimum atomic E-state index is -1.01. The largest absolute Gasteiger partial charge is 0.481 e. The fourth-order valence-corrected chi connectivity index (χ4v) is 4.75. The van der Waals surface area contributed by atoms with Gasteiger partial charge in [0.25, 0.3) is 0 Å². The van der Waals surface area contributed by atoms with Gasteiger partial charge in [0.05, 0.1) is 12.5 Å². The molecule has 1 fully saturated rings. The van der Waals surface area contributed by atoms with Crippen LogP contribution in [0.5, 0.6) is 0 Å². The molecular formula is C26H30N2O7. The van der Waals surface area contributed by atoms with E-state index < -0.39 is 24.3 Å². The number of aliphatic carboxylic acids is 1. The topological polar surface area (TPSA) is 123 Å². The molecule has 0 spiro atoms. The molecule has 4 rings (SSSR count). The summed E-state index contributed by atoms with van der Waals surface area (Å²) in [6.07, 6.45) is -1.50. The lowest BCUT2D eigenvalue weighted by Gasteiger charge is -2.20. The zero-order chi connectivity index (χ0) is 24.8. The summed E-state index contributed by atoms with van der Waals surface area (Å²) in [4.78, 5) is 35.9. The summed E-state index contributed by atoms with van der Waals surface area (Å²) in [6, 6.07) is 16.3.